The Labute approximate surface area is 154 Å². The molecule has 0 N–H and O–H groups in total. The van der Waals surface area contributed by atoms with Crippen LogP contribution < -0.4 is 4.74 Å². The summed E-state index contributed by atoms with van der Waals surface area (Å²) in [4.78, 5) is 15.5. The molecule has 26 heavy (non-hydrogen) atoms. The fraction of sp³-hybridized carbons (Fsp3) is 0.571. The van der Waals surface area contributed by atoms with E-state index in [0.29, 0.717) is 18.3 Å². The molecular formula is C21H27NO4. The van der Waals surface area contributed by atoms with Gasteiger partial charge in [-0.15, -0.1) is 0 Å². The predicted molar refractivity (Wildman–Crippen MR) is 98.6 cm³/mol. The zero-order chi connectivity index (χ0) is 18.3. The van der Waals surface area contributed by atoms with Crippen molar-refractivity contribution in [3.63, 3.8) is 0 Å². The van der Waals surface area contributed by atoms with E-state index in [1.54, 1.807) is 13.4 Å². The Morgan fingerprint density at radius 3 is 2.65 bits per heavy atom. The van der Waals surface area contributed by atoms with E-state index >= 15 is 0 Å². The fourth-order valence-electron chi connectivity index (χ4n) is 4.40. The first-order valence-corrected chi connectivity index (χ1v) is 9.48. The van der Waals surface area contributed by atoms with Crippen LogP contribution in [0.3, 0.4) is 0 Å². The fourth-order valence-corrected chi connectivity index (χ4v) is 4.40. The van der Waals surface area contributed by atoms with Gasteiger partial charge in [-0.05, 0) is 44.4 Å². The zero-order valence-electron chi connectivity index (χ0n) is 15.7. The van der Waals surface area contributed by atoms with Gasteiger partial charge in [-0.2, -0.15) is 0 Å². The summed E-state index contributed by atoms with van der Waals surface area (Å²) in [6, 6.07) is 8.02. The van der Waals surface area contributed by atoms with Crippen LogP contribution >= 0.6 is 0 Å². The highest BCUT2D eigenvalue weighted by Gasteiger charge is 2.49. The van der Waals surface area contributed by atoms with Gasteiger partial charge in [0, 0.05) is 18.5 Å². The standard InChI is InChI=1S/C21H27NO4/c1-13(2)22-10-17-19(26-12-22)9-8-16-20(23)18(11-25-21(16)17)14-4-6-15(24-3)7-5-14/h4-7,11,13,16-17,19,21H,8-10,12H2,1-3H3. The molecule has 5 nitrogen and oxygen atoms in total. The number of fused-ring (bicyclic) bond motifs is 3. The minimum atomic E-state index is -0.0789. The second kappa shape index (κ2) is 7.05. The molecule has 3 aliphatic rings. The molecular weight excluding hydrogens is 330 g/mol. The van der Waals surface area contributed by atoms with Crippen molar-refractivity contribution in [3.8, 4) is 5.75 Å². The van der Waals surface area contributed by atoms with Gasteiger partial charge in [-0.3, -0.25) is 9.69 Å². The van der Waals surface area contributed by atoms with E-state index in [4.69, 9.17) is 14.2 Å². The van der Waals surface area contributed by atoms with Gasteiger partial charge in [0.2, 0.25) is 0 Å². The third kappa shape index (κ3) is 3.03. The topological polar surface area (TPSA) is 48.0 Å². The first kappa shape index (κ1) is 17.6. The van der Waals surface area contributed by atoms with E-state index < -0.39 is 0 Å². The molecule has 4 atom stereocenters. The Morgan fingerprint density at radius 2 is 1.96 bits per heavy atom. The van der Waals surface area contributed by atoms with Crippen molar-refractivity contribution >= 4 is 11.4 Å². The Balaban J connectivity index is 1.56. The maximum atomic E-state index is 13.2. The molecule has 1 saturated heterocycles. The molecule has 1 saturated carbocycles. The summed E-state index contributed by atoms with van der Waals surface area (Å²) in [7, 11) is 1.64. The molecule has 4 rings (SSSR count). The molecule has 0 amide bonds. The van der Waals surface area contributed by atoms with Crippen molar-refractivity contribution in [3.05, 3.63) is 36.1 Å². The number of carbonyl (C=O) groups excluding carboxylic acids is 1. The summed E-state index contributed by atoms with van der Waals surface area (Å²) in [6.07, 6.45) is 3.56. The molecule has 2 aliphatic heterocycles. The van der Waals surface area contributed by atoms with Crippen LogP contribution in [0.1, 0.15) is 32.3 Å². The molecule has 1 aromatic rings. The molecule has 0 bridgehead atoms. The molecule has 5 heteroatoms. The molecule has 140 valence electrons. The van der Waals surface area contributed by atoms with Gasteiger partial charge in [-0.25, -0.2) is 0 Å². The average molecular weight is 357 g/mol. The molecule has 0 spiro atoms. The zero-order valence-corrected chi connectivity index (χ0v) is 15.7. The van der Waals surface area contributed by atoms with Crippen molar-refractivity contribution in [1.29, 1.82) is 0 Å². The number of carbonyl (C=O) groups is 1. The van der Waals surface area contributed by atoms with Crippen LogP contribution in [0.15, 0.2) is 30.5 Å². The summed E-state index contributed by atoms with van der Waals surface area (Å²) in [5, 5.41) is 0. The highest BCUT2D eigenvalue weighted by molar-refractivity contribution is 6.22. The van der Waals surface area contributed by atoms with E-state index in [-0.39, 0.29) is 29.8 Å². The van der Waals surface area contributed by atoms with Gasteiger partial charge in [0.1, 0.15) is 11.9 Å². The third-order valence-electron chi connectivity index (χ3n) is 6.03. The lowest BCUT2D eigenvalue weighted by molar-refractivity contribution is -0.174. The SMILES string of the molecule is COc1ccc(C2=COC3C(CCC4OCN(C(C)C)CC43)C2=O)cc1. The number of allylic oxidation sites excluding steroid dienone is 1. The highest BCUT2D eigenvalue weighted by Crippen LogP contribution is 2.42. The van der Waals surface area contributed by atoms with Crippen LogP contribution in [0.4, 0.5) is 0 Å². The Kier molecular flexibility index (Phi) is 4.76. The number of benzene rings is 1. The molecule has 2 fully saturated rings. The predicted octanol–water partition coefficient (Wildman–Crippen LogP) is 3.10. The van der Waals surface area contributed by atoms with Gasteiger partial charge in [0.05, 0.1) is 37.7 Å². The van der Waals surface area contributed by atoms with Gasteiger partial charge in [0.25, 0.3) is 0 Å². The molecule has 0 aromatic heterocycles. The van der Waals surface area contributed by atoms with Crippen LogP contribution in [0, 0.1) is 11.8 Å². The first-order valence-electron chi connectivity index (χ1n) is 9.48. The van der Waals surface area contributed by atoms with Crippen molar-refractivity contribution in [2.24, 2.45) is 11.8 Å². The molecule has 0 radical (unpaired) electrons. The molecule has 1 aromatic carbocycles. The van der Waals surface area contributed by atoms with E-state index in [2.05, 4.69) is 18.7 Å². The maximum absolute atomic E-state index is 13.2. The lowest BCUT2D eigenvalue weighted by Crippen LogP contribution is -2.57. The second-order valence-electron chi connectivity index (χ2n) is 7.77. The van der Waals surface area contributed by atoms with Gasteiger partial charge in [0.15, 0.2) is 5.78 Å². The summed E-state index contributed by atoms with van der Waals surface area (Å²) < 4.78 is 17.4. The van der Waals surface area contributed by atoms with Crippen molar-refractivity contribution in [1.82, 2.24) is 4.90 Å². The van der Waals surface area contributed by atoms with Crippen LogP contribution in [-0.4, -0.2) is 49.3 Å². The summed E-state index contributed by atoms with van der Waals surface area (Å²) in [6.45, 7) is 5.97. The number of methoxy groups -OCH3 is 1. The number of nitrogens with zero attached hydrogens (tertiary/aromatic N) is 1. The van der Waals surface area contributed by atoms with Gasteiger partial charge < -0.3 is 14.2 Å². The third-order valence-corrected chi connectivity index (χ3v) is 6.03. The van der Waals surface area contributed by atoms with E-state index in [1.165, 1.54) is 0 Å². The number of hydrogen-bond donors (Lipinski definition) is 0. The van der Waals surface area contributed by atoms with Crippen LogP contribution in [0.2, 0.25) is 0 Å². The number of ketones is 1. The molecule has 2 heterocycles. The van der Waals surface area contributed by atoms with Crippen LogP contribution in [0.25, 0.3) is 5.57 Å². The lowest BCUT2D eigenvalue weighted by Gasteiger charge is -2.49. The number of rotatable bonds is 3. The van der Waals surface area contributed by atoms with Crippen molar-refractivity contribution < 1.29 is 19.0 Å². The smallest absolute Gasteiger partial charge is 0.173 e. The minimum Gasteiger partial charge on any atom is -0.497 e. The Hall–Kier alpha value is -1.85. The van der Waals surface area contributed by atoms with E-state index in [1.807, 2.05) is 24.3 Å². The second-order valence-corrected chi connectivity index (χ2v) is 7.77. The summed E-state index contributed by atoms with van der Waals surface area (Å²) >= 11 is 0. The quantitative estimate of drug-likeness (QED) is 0.832. The van der Waals surface area contributed by atoms with Crippen molar-refractivity contribution in [2.75, 3.05) is 20.4 Å². The van der Waals surface area contributed by atoms with Gasteiger partial charge >= 0.3 is 0 Å². The largest absolute Gasteiger partial charge is 0.497 e. The van der Waals surface area contributed by atoms with E-state index in [9.17, 15) is 4.79 Å². The van der Waals surface area contributed by atoms with Crippen LogP contribution in [-0.2, 0) is 14.3 Å². The molecule has 4 unspecified atom stereocenters. The maximum Gasteiger partial charge on any atom is 0.173 e. The number of Topliss-reactive ketones (excluding diaryl/α,β-unsaturated/α-hetero) is 1. The lowest BCUT2D eigenvalue weighted by atomic mass is 9.71. The summed E-state index contributed by atoms with van der Waals surface area (Å²) in [5.74, 6) is 1.16. The number of hydrogen-bond acceptors (Lipinski definition) is 5. The Morgan fingerprint density at radius 1 is 1.19 bits per heavy atom. The molecule has 1 aliphatic carbocycles. The first-order chi connectivity index (χ1) is 12.6. The number of ether oxygens (including phenoxy) is 3. The van der Waals surface area contributed by atoms with E-state index in [0.717, 1.165) is 30.7 Å². The van der Waals surface area contributed by atoms with Gasteiger partial charge in [-0.1, -0.05) is 12.1 Å². The Bertz CT molecular complexity index is 696. The average Bonchev–Trinajstić information content (AvgIpc) is 2.67. The van der Waals surface area contributed by atoms with Crippen LogP contribution in [0.5, 0.6) is 5.75 Å². The highest BCUT2D eigenvalue weighted by atomic mass is 16.5. The monoisotopic (exact) mass is 357 g/mol. The summed E-state index contributed by atoms with van der Waals surface area (Å²) in [5.41, 5.74) is 1.56. The minimum absolute atomic E-state index is 0.0749. The normalized spacial score (nSPS) is 31.7. The van der Waals surface area contributed by atoms with Crippen molar-refractivity contribution in [2.45, 2.75) is 44.9 Å².